The van der Waals surface area contributed by atoms with Gasteiger partial charge in [0.25, 0.3) is 0 Å². The topological polar surface area (TPSA) is 37.8 Å². The minimum Gasteiger partial charge on any atom is -0.312 e. The monoisotopic (exact) mass is 277 g/mol. The van der Waals surface area contributed by atoms with Crippen LogP contribution < -0.4 is 5.32 Å². The molecular weight excluding hydrogens is 261 g/mol. The maximum Gasteiger partial charge on any atom is 0.142 e. The molecule has 1 saturated carbocycles. The third-order valence-electron chi connectivity index (χ3n) is 3.17. The highest BCUT2D eigenvalue weighted by molar-refractivity contribution is 7.15. The number of nitrogens with one attached hydrogen (secondary N) is 1. The van der Waals surface area contributed by atoms with Crippen LogP contribution in [0, 0.1) is 5.82 Å². The van der Waals surface area contributed by atoms with E-state index in [0.717, 1.165) is 23.8 Å². The van der Waals surface area contributed by atoms with Gasteiger partial charge < -0.3 is 5.32 Å². The predicted octanol–water partition coefficient (Wildman–Crippen LogP) is 3.33. The summed E-state index contributed by atoms with van der Waals surface area (Å²) in [5, 5.41) is 4.25. The first-order valence-corrected chi connectivity index (χ1v) is 7.42. The molecule has 5 heteroatoms. The Morgan fingerprint density at radius 3 is 2.89 bits per heavy atom. The summed E-state index contributed by atoms with van der Waals surface area (Å²) in [6.45, 7) is 3.91. The summed E-state index contributed by atoms with van der Waals surface area (Å²) in [7, 11) is 0. The van der Waals surface area contributed by atoms with Crippen LogP contribution in [0.15, 0.2) is 18.3 Å². The van der Waals surface area contributed by atoms with E-state index in [1.807, 2.05) is 0 Å². The average Bonchev–Trinajstić information content (AvgIpc) is 3.18. The highest BCUT2D eigenvalue weighted by atomic mass is 32.1. The molecule has 0 amide bonds. The Hall–Kier alpha value is -1.33. The summed E-state index contributed by atoms with van der Waals surface area (Å²) in [6.07, 6.45) is 3.72. The van der Waals surface area contributed by atoms with Gasteiger partial charge in [-0.2, -0.15) is 0 Å². The Labute approximate surface area is 115 Å². The van der Waals surface area contributed by atoms with Crippen LogP contribution >= 0.6 is 11.3 Å². The largest absolute Gasteiger partial charge is 0.312 e. The van der Waals surface area contributed by atoms with Crippen molar-refractivity contribution < 1.29 is 4.39 Å². The van der Waals surface area contributed by atoms with Crippen LogP contribution in [0.25, 0.3) is 10.7 Å². The third kappa shape index (κ3) is 2.82. The second-order valence-corrected chi connectivity index (χ2v) is 5.83. The number of aromatic nitrogens is 2. The minimum absolute atomic E-state index is 0.310. The van der Waals surface area contributed by atoms with Crippen LogP contribution in [0.4, 0.5) is 4.39 Å². The third-order valence-corrected chi connectivity index (χ3v) is 4.27. The lowest BCUT2D eigenvalue weighted by Crippen LogP contribution is -2.11. The van der Waals surface area contributed by atoms with Crippen molar-refractivity contribution in [3.05, 3.63) is 34.7 Å². The van der Waals surface area contributed by atoms with Gasteiger partial charge in [-0.1, -0.05) is 6.92 Å². The van der Waals surface area contributed by atoms with Crippen molar-refractivity contribution in [1.29, 1.82) is 0 Å². The minimum atomic E-state index is -0.310. The van der Waals surface area contributed by atoms with Crippen molar-refractivity contribution in [1.82, 2.24) is 15.3 Å². The van der Waals surface area contributed by atoms with Crippen LogP contribution in [-0.2, 0) is 6.54 Å². The second-order valence-electron chi connectivity index (χ2n) is 4.74. The number of rotatable bonds is 5. The van der Waals surface area contributed by atoms with Gasteiger partial charge in [-0.15, -0.1) is 11.3 Å². The van der Waals surface area contributed by atoms with Gasteiger partial charge in [0, 0.05) is 17.3 Å². The summed E-state index contributed by atoms with van der Waals surface area (Å²) < 4.78 is 12.9. The Bertz CT molecular complexity index is 561. The molecule has 0 unspecified atom stereocenters. The normalized spacial score (nSPS) is 14.8. The molecule has 0 aliphatic heterocycles. The Kier molecular flexibility index (Phi) is 3.57. The highest BCUT2D eigenvalue weighted by Crippen LogP contribution is 2.43. The Morgan fingerprint density at radius 2 is 2.26 bits per heavy atom. The quantitative estimate of drug-likeness (QED) is 0.911. The molecule has 1 fully saturated rings. The van der Waals surface area contributed by atoms with Crippen molar-refractivity contribution in [3.8, 4) is 10.7 Å². The number of pyridine rings is 1. The summed E-state index contributed by atoms with van der Waals surface area (Å²) in [6, 6.07) is 3.13. The highest BCUT2D eigenvalue weighted by Gasteiger charge is 2.29. The number of hydrogen-bond acceptors (Lipinski definition) is 4. The van der Waals surface area contributed by atoms with Crippen molar-refractivity contribution in [3.63, 3.8) is 0 Å². The van der Waals surface area contributed by atoms with Crippen LogP contribution in [0.3, 0.4) is 0 Å². The fourth-order valence-electron chi connectivity index (χ4n) is 2.02. The van der Waals surface area contributed by atoms with Gasteiger partial charge >= 0.3 is 0 Å². The molecule has 100 valence electrons. The number of hydrogen-bond donors (Lipinski definition) is 1. The average molecular weight is 277 g/mol. The number of halogens is 1. The lowest BCUT2D eigenvalue weighted by Gasteiger charge is -2.00. The molecule has 1 aliphatic rings. The van der Waals surface area contributed by atoms with Crippen molar-refractivity contribution in [2.45, 2.75) is 32.2 Å². The maximum atomic E-state index is 12.9. The van der Waals surface area contributed by atoms with Gasteiger partial charge in [0.05, 0.1) is 17.6 Å². The first-order chi connectivity index (χ1) is 9.28. The molecule has 0 aromatic carbocycles. The first-order valence-electron chi connectivity index (χ1n) is 6.60. The van der Waals surface area contributed by atoms with E-state index in [1.165, 1.54) is 35.7 Å². The molecule has 19 heavy (non-hydrogen) atoms. The summed E-state index contributed by atoms with van der Waals surface area (Å²) in [5.41, 5.74) is 1.98. The Balaban J connectivity index is 1.91. The molecule has 1 aliphatic carbocycles. The summed E-state index contributed by atoms with van der Waals surface area (Å²) >= 11 is 1.67. The van der Waals surface area contributed by atoms with E-state index in [0.29, 0.717) is 5.92 Å². The molecule has 2 aromatic rings. The van der Waals surface area contributed by atoms with Crippen molar-refractivity contribution in [2.24, 2.45) is 0 Å². The maximum absolute atomic E-state index is 12.9. The van der Waals surface area contributed by atoms with Gasteiger partial charge in [0.15, 0.2) is 0 Å². The van der Waals surface area contributed by atoms with Crippen LogP contribution in [0.1, 0.15) is 36.3 Å². The molecule has 1 N–H and O–H groups in total. The van der Waals surface area contributed by atoms with E-state index in [4.69, 9.17) is 4.98 Å². The zero-order chi connectivity index (χ0) is 13.2. The van der Waals surface area contributed by atoms with E-state index in [1.54, 1.807) is 17.4 Å². The molecule has 0 radical (unpaired) electrons. The van der Waals surface area contributed by atoms with Gasteiger partial charge in [0.2, 0.25) is 0 Å². The lowest BCUT2D eigenvalue weighted by atomic mass is 10.2. The zero-order valence-electron chi connectivity index (χ0n) is 10.8. The number of thiazole rings is 1. The molecular formula is C14H16FN3S. The van der Waals surface area contributed by atoms with E-state index in [2.05, 4.69) is 17.2 Å². The van der Waals surface area contributed by atoms with Crippen molar-refractivity contribution >= 4 is 11.3 Å². The Morgan fingerprint density at radius 1 is 1.42 bits per heavy atom. The van der Waals surface area contributed by atoms with Crippen LogP contribution in [0.5, 0.6) is 0 Å². The summed E-state index contributed by atoms with van der Waals surface area (Å²) in [4.78, 5) is 10.1. The fraction of sp³-hybridized carbons (Fsp3) is 0.429. The van der Waals surface area contributed by atoms with E-state index < -0.39 is 0 Å². The van der Waals surface area contributed by atoms with E-state index in [9.17, 15) is 4.39 Å². The standard InChI is InChI=1S/C14H16FN3S/c1-2-16-8-12-13(9-3-4-9)18-14(19-12)11-6-5-10(15)7-17-11/h5-7,9,16H,2-4,8H2,1H3. The molecule has 3 nitrogen and oxygen atoms in total. The SMILES string of the molecule is CCNCc1sc(-c2ccc(F)cn2)nc1C1CC1. The van der Waals surface area contributed by atoms with E-state index in [-0.39, 0.29) is 5.82 Å². The smallest absolute Gasteiger partial charge is 0.142 e. The molecule has 2 heterocycles. The van der Waals surface area contributed by atoms with Crippen LogP contribution in [-0.4, -0.2) is 16.5 Å². The van der Waals surface area contributed by atoms with Crippen molar-refractivity contribution in [2.75, 3.05) is 6.54 Å². The lowest BCUT2D eigenvalue weighted by molar-refractivity contribution is 0.622. The van der Waals surface area contributed by atoms with E-state index >= 15 is 0 Å². The van der Waals surface area contributed by atoms with Gasteiger partial charge in [0.1, 0.15) is 10.8 Å². The first kappa shape index (κ1) is 12.7. The second kappa shape index (κ2) is 5.35. The molecule has 0 bridgehead atoms. The molecule has 0 atom stereocenters. The number of nitrogens with zero attached hydrogens (tertiary/aromatic N) is 2. The zero-order valence-corrected chi connectivity index (χ0v) is 11.6. The fourth-order valence-corrected chi connectivity index (χ4v) is 3.11. The molecule has 0 spiro atoms. The molecule has 0 saturated heterocycles. The molecule has 2 aromatic heterocycles. The summed E-state index contributed by atoms with van der Waals surface area (Å²) in [5.74, 6) is 0.315. The van der Waals surface area contributed by atoms with Crippen LogP contribution in [0.2, 0.25) is 0 Å². The van der Waals surface area contributed by atoms with Gasteiger partial charge in [-0.25, -0.2) is 9.37 Å². The molecule has 3 rings (SSSR count). The van der Waals surface area contributed by atoms with Gasteiger partial charge in [-0.05, 0) is 31.5 Å². The van der Waals surface area contributed by atoms with Gasteiger partial charge in [-0.3, -0.25) is 4.98 Å². The predicted molar refractivity (Wildman–Crippen MR) is 74.7 cm³/mol.